The van der Waals surface area contributed by atoms with Crippen LogP contribution < -0.4 is 21.7 Å². The summed E-state index contributed by atoms with van der Waals surface area (Å²) in [6.45, 7) is 2.65. The average Bonchev–Trinajstić information content (AvgIpc) is 3.69. The number of nitrogens with one attached hydrogen (secondary N) is 3. The predicted octanol–water partition coefficient (Wildman–Crippen LogP) is 5.14. The smallest absolute Gasteiger partial charge is 0.264 e. The topological polar surface area (TPSA) is 126 Å². The first-order valence-corrected chi connectivity index (χ1v) is 14.5. The molecule has 0 aliphatic heterocycles. The fourth-order valence-electron chi connectivity index (χ4n) is 4.40. The van der Waals surface area contributed by atoms with E-state index in [4.69, 9.17) is 10.7 Å². The quantitative estimate of drug-likeness (QED) is 0.188. The molecular weight excluding hydrogens is 534 g/mol. The van der Waals surface area contributed by atoms with Crippen LogP contribution in [-0.4, -0.2) is 35.2 Å². The Bertz CT molecular complexity index is 1560. The molecule has 4 aromatic rings. The predicted molar refractivity (Wildman–Crippen MR) is 162 cm³/mol. The van der Waals surface area contributed by atoms with Gasteiger partial charge in [0, 0.05) is 42.2 Å². The van der Waals surface area contributed by atoms with Crippen molar-refractivity contribution < 1.29 is 14.4 Å². The van der Waals surface area contributed by atoms with Crippen molar-refractivity contribution in [2.24, 2.45) is 5.73 Å². The van der Waals surface area contributed by atoms with Crippen LogP contribution in [0.5, 0.6) is 0 Å². The van der Waals surface area contributed by atoms with Gasteiger partial charge in [-0.25, -0.2) is 4.98 Å². The van der Waals surface area contributed by atoms with E-state index in [2.05, 4.69) is 16.0 Å². The molecule has 1 aromatic heterocycles. The Balaban J connectivity index is 1.44. The lowest BCUT2D eigenvalue weighted by molar-refractivity contribution is -0.118. The molecule has 2 amide bonds. The molecule has 1 aliphatic rings. The van der Waals surface area contributed by atoms with Crippen LogP contribution in [0.1, 0.15) is 56.0 Å². The maximum atomic E-state index is 13.5. The maximum absolute atomic E-state index is 13.5. The first-order valence-electron chi connectivity index (χ1n) is 13.7. The highest BCUT2D eigenvalue weighted by atomic mass is 32.1. The third kappa shape index (κ3) is 7.45. The van der Waals surface area contributed by atoms with Crippen LogP contribution in [0.2, 0.25) is 0 Å². The van der Waals surface area contributed by atoms with Crippen LogP contribution in [0.15, 0.2) is 72.8 Å². The lowest BCUT2D eigenvalue weighted by Crippen LogP contribution is -2.25. The van der Waals surface area contributed by atoms with Gasteiger partial charge in [-0.3, -0.25) is 14.4 Å². The molecule has 0 spiro atoms. The van der Waals surface area contributed by atoms with Crippen molar-refractivity contribution >= 4 is 39.8 Å². The maximum Gasteiger partial charge on any atom is 0.264 e. The van der Waals surface area contributed by atoms with Crippen LogP contribution in [-0.2, 0) is 17.8 Å². The highest BCUT2D eigenvalue weighted by Gasteiger charge is 2.24. The molecule has 0 bridgehead atoms. The molecule has 5 N–H and O–H groups in total. The molecule has 0 saturated heterocycles. The zero-order valence-corrected chi connectivity index (χ0v) is 23.7. The Labute approximate surface area is 243 Å². The molecule has 9 heteroatoms. The average molecular weight is 568 g/mol. The van der Waals surface area contributed by atoms with Gasteiger partial charge in [0.1, 0.15) is 10.7 Å². The molecule has 1 saturated carbocycles. The SMILES string of the molecule is Cc1ccc(C(=O)NC2CC2)cc1Nc1nc(-c2cccc(CC(=O)CCN)c2)c(C(=O)NCc2ccccc2)s1. The number of rotatable bonds is 12. The lowest BCUT2D eigenvalue weighted by Gasteiger charge is -2.10. The Morgan fingerprint density at radius 1 is 0.951 bits per heavy atom. The summed E-state index contributed by atoms with van der Waals surface area (Å²) in [7, 11) is 0. The summed E-state index contributed by atoms with van der Waals surface area (Å²) in [5.41, 5.74) is 10.9. The number of carbonyl (C=O) groups is 3. The molecule has 8 nitrogen and oxygen atoms in total. The highest BCUT2D eigenvalue weighted by molar-refractivity contribution is 7.18. The van der Waals surface area contributed by atoms with Crippen LogP contribution >= 0.6 is 11.3 Å². The molecule has 5 rings (SSSR count). The van der Waals surface area contributed by atoms with Crippen molar-refractivity contribution in [2.45, 2.75) is 45.2 Å². The number of benzene rings is 3. The number of anilines is 2. The molecule has 0 atom stereocenters. The second kappa shape index (κ2) is 12.9. The molecule has 0 unspecified atom stereocenters. The second-order valence-corrected chi connectivity index (χ2v) is 11.2. The zero-order valence-electron chi connectivity index (χ0n) is 22.9. The number of hydrogen-bond donors (Lipinski definition) is 4. The number of carbonyl (C=O) groups excluding carboxylic acids is 3. The summed E-state index contributed by atoms with van der Waals surface area (Å²) >= 11 is 1.25. The van der Waals surface area contributed by atoms with Crippen molar-refractivity contribution in [3.63, 3.8) is 0 Å². The lowest BCUT2D eigenvalue weighted by atomic mass is 10.0. The first-order chi connectivity index (χ1) is 19.9. The van der Waals surface area contributed by atoms with E-state index >= 15 is 0 Å². The van der Waals surface area contributed by atoms with Gasteiger partial charge in [0.15, 0.2) is 5.13 Å². The van der Waals surface area contributed by atoms with Gasteiger partial charge in [-0.2, -0.15) is 0 Å². The van der Waals surface area contributed by atoms with E-state index in [1.807, 2.05) is 79.7 Å². The molecule has 3 aromatic carbocycles. The van der Waals surface area contributed by atoms with E-state index in [1.165, 1.54) is 11.3 Å². The van der Waals surface area contributed by atoms with Crippen molar-refractivity contribution in [2.75, 3.05) is 11.9 Å². The molecule has 1 aliphatic carbocycles. The largest absolute Gasteiger partial charge is 0.349 e. The van der Waals surface area contributed by atoms with Gasteiger partial charge in [0.25, 0.3) is 11.8 Å². The fraction of sp³-hybridized carbons (Fsp3) is 0.250. The molecule has 210 valence electrons. The van der Waals surface area contributed by atoms with Gasteiger partial charge >= 0.3 is 0 Å². The number of ketones is 1. The number of aromatic nitrogens is 1. The summed E-state index contributed by atoms with van der Waals surface area (Å²) in [6.07, 6.45) is 2.62. The summed E-state index contributed by atoms with van der Waals surface area (Å²) in [4.78, 5) is 43.6. The number of hydrogen-bond acceptors (Lipinski definition) is 7. The van der Waals surface area contributed by atoms with E-state index in [0.29, 0.717) is 40.8 Å². The number of aryl methyl sites for hydroxylation is 1. The third-order valence-corrected chi connectivity index (χ3v) is 7.78. The van der Waals surface area contributed by atoms with Gasteiger partial charge in [0.05, 0.1) is 5.69 Å². The summed E-state index contributed by atoms with van der Waals surface area (Å²) < 4.78 is 0. The van der Waals surface area contributed by atoms with Crippen LogP contribution in [0, 0.1) is 6.92 Å². The van der Waals surface area contributed by atoms with Gasteiger partial charge in [-0.15, -0.1) is 0 Å². The Kier molecular flexibility index (Phi) is 8.86. The van der Waals surface area contributed by atoms with E-state index in [0.717, 1.165) is 40.8 Å². The molecule has 41 heavy (non-hydrogen) atoms. The standard InChI is InChI=1S/C32H33N5O3S/c1-20-10-11-24(30(39)35-25-12-13-25)18-27(20)36-32-37-28(23-9-5-8-22(16-23)17-26(38)14-15-33)29(41-32)31(40)34-19-21-6-3-2-4-7-21/h2-11,16,18,25H,12-15,17,19,33H2,1H3,(H,34,40)(H,35,39)(H,36,37). The van der Waals surface area contributed by atoms with E-state index in [-0.39, 0.29) is 30.1 Å². The summed E-state index contributed by atoms with van der Waals surface area (Å²) in [5, 5.41) is 9.89. The number of amides is 2. The minimum absolute atomic E-state index is 0.0622. The van der Waals surface area contributed by atoms with Crippen LogP contribution in [0.25, 0.3) is 11.3 Å². The molecule has 0 radical (unpaired) electrons. The van der Waals surface area contributed by atoms with Gasteiger partial charge in [-0.05, 0) is 61.2 Å². The number of nitrogens with two attached hydrogens (primary N) is 1. The van der Waals surface area contributed by atoms with Gasteiger partial charge in [0.2, 0.25) is 0 Å². The van der Waals surface area contributed by atoms with E-state index < -0.39 is 0 Å². The Hall–Kier alpha value is -4.34. The minimum atomic E-state index is -0.242. The van der Waals surface area contributed by atoms with Crippen molar-refractivity contribution in [3.05, 3.63) is 99.9 Å². The molecule has 1 fully saturated rings. The molecular formula is C32H33N5O3S. The van der Waals surface area contributed by atoms with E-state index in [9.17, 15) is 14.4 Å². The number of Topliss-reactive ketones (excluding diaryl/α,β-unsaturated/α-hetero) is 1. The van der Waals surface area contributed by atoms with Crippen molar-refractivity contribution in [3.8, 4) is 11.3 Å². The zero-order chi connectivity index (χ0) is 28.8. The van der Waals surface area contributed by atoms with Crippen molar-refractivity contribution in [1.29, 1.82) is 0 Å². The number of nitrogens with zero attached hydrogens (tertiary/aromatic N) is 1. The molecule has 1 heterocycles. The van der Waals surface area contributed by atoms with Crippen LogP contribution in [0.3, 0.4) is 0 Å². The first kappa shape index (κ1) is 28.2. The van der Waals surface area contributed by atoms with Crippen molar-refractivity contribution in [1.82, 2.24) is 15.6 Å². The fourth-order valence-corrected chi connectivity index (χ4v) is 5.31. The highest BCUT2D eigenvalue weighted by Crippen LogP contribution is 2.34. The summed E-state index contributed by atoms with van der Waals surface area (Å²) in [6, 6.07) is 23.0. The monoisotopic (exact) mass is 567 g/mol. The third-order valence-electron chi connectivity index (χ3n) is 6.81. The van der Waals surface area contributed by atoms with Crippen LogP contribution in [0.4, 0.5) is 10.8 Å². The Morgan fingerprint density at radius 3 is 2.49 bits per heavy atom. The van der Waals surface area contributed by atoms with Gasteiger partial charge < -0.3 is 21.7 Å². The van der Waals surface area contributed by atoms with Gasteiger partial charge in [-0.1, -0.05) is 65.9 Å². The Morgan fingerprint density at radius 2 is 1.73 bits per heavy atom. The minimum Gasteiger partial charge on any atom is -0.349 e. The second-order valence-electron chi connectivity index (χ2n) is 10.2. The van der Waals surface area contributed by atoms with E-state index in [1.54, 1.807) is 0 Å². The summed E-state index contributed by atoms with van der Waals surface area (Å²) in [5.74, 6) is -0.280. The number of thiazole rings is 1. The normalized spacial score (nSPS) is 12.5.